The average Bonchev–Trinajstić information content (AvgIpc) is 4.22. The lowest BCUT2D eigenvalue weighted by atomic mass is 9.70. The van der Waals surface area contributed by atoms with Crippen LogP contribution < -0.4 is 4.90 Å². The Labute approximate surface area is 432 Å². The van der Waals surface area contributed by atoms with E-state index < -0.39 is 0 Å². The molecule has 344 valence electrons. The van der Waals surface area contributed by atoms with Gasteiger partial charge in [-0.25, -0.2) is 0 Å². The quantitative estimate of drug-likeness (QED) is 0.161. The van der Waals surface area contributed by atoms with Crippen LogP contribution in [0.3, 0.4) is 0 Å². The maximum atomic E-state index is 2.48. The second-order valence-electron chi connectivity index (χ2n) is 19.9. The van der Waals surface area contributed by atoms with Gasteiger partial charge < -0.3 is 9.47 Å². The molecule has 74 heavy (non-hydrogen) atoms. The zero-order valence-corrected chi connectivity index (χ0v) is 41.0. The molecule has 0 amide bonds. The highest BCUT2D eigenvalue weighted by atomic mass is 32.1. The minimum absolute atomic E-state index is 0.388. The molecule has 0 fully saturated rings. The molecule has 2 aliphatic rings. The number of fused-ring (bicyclic) bond motifs is 18. The summed E-state index contributed by atoms with van der Waals surface area (Å²) in [5.74, 6) is 0. The van der Waals surface area contributed by atoms with Crippen molar-refractivity contribution in [1.29, 1.82) is 0 Å². The summed E-state index contributed by atoms with van der Waals surface area (Å²) in [7, 11) is 0. The number of para-hydroxylation sites is 1. The second-order valence-corrected chi connectivity index (χ2v) is 21.0. The lowest BCUT2D eigenvalue weighted by molar-refractivity contribution is 0.794. The van der Waals surface area contributed by atoms with Gasteiger partial charge in [-0.05, 0) is 139 Å². The first-order valence-electron chi connectivity index (χ1n) is 25.6. The van der Waals surface area contributed by atoms with Crippen LogP contribution in [0.4, 0.5) is 17.1 Å². The highest BCUT2D eigenvalue weighted by Crippen LogP contribution is 2.63. The van der Waals surface area contributed by atoms with Gasteiger partial charge in [0, 0.05) is 53.4 Å². The molecule has 0 radical (unpaired) electrons. The standard InChI is InChI=1S/C71H44N2S/c1-2-16-50(17-3-1)73-66-44-49(35-41-58(66)59-42-33-47-15-4-5-18-53(47)70(59)73)46-31-38-52(39-32-46)72(65-26-14-28-68-69(65)60-22-9-13-27-67(60)74-68)51-36-29-45(30-37-51)48-34-40-57-56-21-8-12-25-63(56)71(64(57)43-48)61-23-10-6-19-54(61)55-20-7-11-24-62(55)71/h1-44H. The third kappa shape index (κ3) is 5.81. The Morgan fingerprint density at radius 2 is 0.865 bits per heavy atom. The SMILES string of the molecule is c1ccc(-n2c3cc(-c4ccc(N(c5ccc(-c6ccc7c(c6)C6(c8ccccc8-c8ccccc86)c6ccccc6-7)cc5)c5cccc6sc7ccccc7c56)cc4)ccc3c3ccc4ccccc4c32)cc1. The lowest BCUT2D eigenvalue weighted by Crippen LogP contribution is -2.25. The van der Waals surface area contributed by atoms with Crippen molar-refractivity contribution in [2.45, 2.75) is 5.41 Å². The van der Waals surface area contributed by atoms with Crippen LogP contribution >= 0.6 is 11.3 Å². The van der Waals surface area contributed by atoms with Gasteiger partial charge in [0.15, 0.2) is 0 Å². The summed E-state index contributed by atoms with van der Waals surface area (Å²) in [6.07, 6.45) is 0. The van der Waals surface area contributed by atoms with Crippen molar-refractivity contribution in [3.05, 3.63) is 289 Å². The maximum absolute atomic E-state index is 2.48. The summed E-state index contributed by atoms with van der Waals surface area (Å²) in [4.78, 5) is 2.46. The van der Waals surface area contributed by atoms with Crippen LogP contribution in [0, 0.1) is 0 Å². The zero-order valence-electron chi connectivity index (χ0n) is 40.2. The predicted molar refractivity (Wildman–Crippen MR) is 313 cm³/mol. The smallest absolute Gasteiger partial charge is 0.0725 e. The predicted octanol–water partition coefficient (Wildman–Crippen LogP) is 19.5. The average molecular weight is 957 g/mol. The van der Waals surface area contributed by atoms with Gasteiger partial charge in [0.1, 0.15) is 0 Å². The van der Waals surface area contributed by atoms with Gasteiger partial charge in [-0.3, -0.25) is 0 Å². The molecule has 2 aliphatic carbocycles. The molecule has 3 heteroatoms. The van der Waals surface area contributed by atoms with Crippen LogP contribution in [-0.2, 0) is 5.41 Å². The summed E-state index contributed by atoms with van der Waals surface area (Å²) < 4.78 is 5.02. The molecule has 0 unspecified atom stereocenters. The first-order valence-corrected chi connectivity index (χ1v) is 26.4. The van der Waals surface area contributed by atoms with Crippen molar-refractivity contribution in [3.8, 4) is 50.2 Å². The number of rotatable bonds is 6. The number of hydrogen-bond acceptors (Lipinski definition) is 2. The van der Waals surface area contributed by atoms with E-state index in [0.717, 1.165) is 22.7 Å². The van der Waals surface area contributed by atoms with Crippen LogP contribution in [0.15, 0.2) is 267 Å². The van der Waals surface area contributed by atoms with Crippen LogP contribution in [-0.4, -0.2) is 4.57 Å². The second kappa shape index (κ2) is 15.9. The van der Waals surface area contributed by atoms with Crippen LogP contribution in [0.2, 0.25) is 0 Å². The van der Waals surface area contributed by atoms with E-state index in [9.17, 15) is 0 Å². The molecule has 12 aromatic carbocycles. The highest BCUT2D eigenvalue weighted by molar-refractivity contribution is 7.26. The van der Waals surface area contributed by atoms with Crippen molar-refractivity contribution in [3.63, 3.8) is 0 Å². The van der Waals surface area contributed by atoms with Gasteiger partial charge in [0.2, 0.25) is 0 Å². The Bertz CT molecular complexity index is 4530. The Hall–Kier alpha value is -9.28. The summed E-state index contributed by atoms with van der Waals surface area (Å²) in [6, 6.07) is 99.5. The van der Waals surface area contributed by atoms with Gasteiger partial charge in [0.25, 0.3) is 0 Å². The van der Waals surface area contributed by atoms with Gasteiger partial charge >= 0.3 is 0 Å². The van der Waals surface area contributed by atoms with Crippen molar-refractivity contribution >= 4 is 81.1 Å². The topological polar surface area (TPSA) is 8.17 Å². The monoisotopic (exact) mass is 956 g/mol. The molecule has 0 bridgehead atoms. The van der Waals surface area contributed by atoms with Crippen LogP contribution in [0.1, 0.15) is 22.3 Å². The molecule has 0 saturated carbocycles. The summed E-state index contributed by atoms with van der Waals surface area (Å²) >= 11 is 1.86. The van der Waals surface area contributed by atoms with E-state index >= 15 is 0 Å². The first kappa shape index (κ1) is 41.3. The van der Waals surface area contributed by atoms with Gasteiger partial charge in [-0.15, -0.1) is 11.3 Å². The molecule has 0 aliphatic heterocycles. The Morgan fingerprint density at radius 1 is 0.338 bits per heavy atom. The fraction of sp³-hybridized carbons (Fsp3) is 0.0141. The van der Waals surface area contributed by atoms with E-state index in [1.54, 1.807) is 0 Å². The van der Waals surface area contributed by atoms with E-state index in [1.165, 1.54) is 120 Å². The Morgan fingerprint density at radius 3 is 1.55 bits per heavy atom. The third-order valence-electron chi connectivity index (χ3n) is 16.2. The van der Waals surface area contributed by atoms with E-state index in [4.69, 9.17) is 0 Å². The van der Waals surface area contributed by atoms with Crippen molar-refractivity contribution < 1.29 is 0 Å². The number of anilines is 3. The van der Waals surface area contributed by atoms with Gasteiger partial charge in [0.05, 0.1) is 22.1 Å². The fourth-order valence-corrected chi connectivity index (χ4v) is 14.2. The molecule has 0 saturated heterocycles. The molecule has 16 rings (SSSR count). The van der Waals surface area contributed by atoms with Crippen molar-refractivity contribution in [1.82, 2.24) is 4.57 Å². The molecule has 2 aromatic heterocycles. The molecule has 0 N–H and O–H groups in total. The summed E-state index contributed by atoms with van der Waals surface area (Å²) in [5, 5.41) is 7.56. The summed E-state index contributed by atoms with van der Waals surface area (Å²) in [5.41, 5.74) is 22.0. The molecule has 2 nitrogen and oxygen atoms in total. The highest BCUT2D eigenvalue weighted by Gasteiger charge is 2.51. The minimum atomic E-state index is -0.388. The number of benzene rings is 12. The van der Waals surface area contributed by atoms with E-state index in [2.05, 4.69) is 276 Å². The van der Waals surface area contributed by atoms with E-state index in [-0.39, 0.29) is 5.41 Å². The van der Waals surface area contributed by atoms with E-state index in [0.29, 0.717) is 0 Å². The normalized spacial score (nSPS) is 13.0. The number of nitrogens with zero attached hydrogens (tertiary/aromatic N) is 2. The van der Waals surface area contributed by atoms with Crippen molar-refractivity contribution in [2.75, 3.05) is 4.90 Å². The third-order valence-corrected chi connectivity index (χ3v) is 17.3. The maximum Gasteiger partial charge on any atom is 0.0725 e. The number of thiophene rings is 1. The molecular weight excluding hydrogens is 913 g/mol. The molecule has 2 heterocycles. The molecule has 1 spiro atoms. The zero-order chi connectivity index (χ0) is 48.5. The molecular formula is C71H44N2S. The molecule has 14 aromatic rings. The fourth-order valence-electron chi connectivity index (χ4n) is 13.1. The molecule has 0 atom stereocenters. The lowest BCUT2D eigenvalue weighted by Gasteiger charge is -2.30. The number of hydrogen-bond donors (Lipinski definition) is 0. The number of aromatic nitrogens is 1. The minimum Gasteiger partial charge on any atom is -0.310 e. The van der Waals surface area contributed by atoms with Crippen LogP contribution in [0.5, 0.6) is 0 Å². The first-order chi connectivity index (χ1) is 36.7. The Balaban J connectivity index is 0.827. The van der Waals surface area contributed by atoms with Crippen molar-refractivity contribution in [2.24, 2.45) is 0 Å². The van der Waals surface area contributed by atoms with E-state index in [1.807, 2.05) is 11.3 Å². The largest absolute Gasteiger partial charge is 0.310 e. The summed E-state index contributed by atoms with van der Waals surface area (Å²) in [6.45, 7) is 0. The van der Waals surface area contributed by atoms with Crippen LogP contribution in [0.25, 0.3) is 103 Å². The van der Waals surface area contributed by atoms with Gasteiger partial charge in [-0.2, -0.15) is 0 Å². The Kier molecular flexibility index (Phi) is 8.86. The van der Waals surface area contributed by atoms with Gasteiger partial charge in [-0.1, -0.05) is 200 Å².